The number of carbonyl (C=O) groups is 2. The molecule has 0 aliphatic heterocycles. The maximum absolute atomic E-state index is 12.7. The number of hydrogen-bond donors (Lipinski definition) is 2. The molecule has 1 aliphatic carbocycles. The van der Waals surface area contributed by atoms with E-state index in [1.807, 2.05) is 32.0 Å². The van der Waals surface area contributed by atoms with E-state index in [1.54, 1.807) is 17.8 Å². The van der Waals surface area contributed by atoms with E-state index in [-0.39, 0.29) is 17.9 Å². The first-order valence-electron chi connectivity index (χ1n) is 8.63. The van der Waals surface area contributed by atoms with Crippen LogP contribution < -0.4 is 5.32 Å². The van der Waals surface area contributed by atoms with Gasteiger partial charge in [0.15, 0.2) is 0 Å². The first-order chi connectivity index (χ1) is 12.5. The SMILES string of the molecule is Cc1noc(C)c1CSc1ccccc1C(=O)N[C@H]1CC[C@@H](C(=O)O)C1. The van der Waals surface area contributed by atoms with Crippen molar-refractivity contribution >= 4 is 23.6 Å². The quantitative estimate of drug-likeness (QED) is 0.751. The molecule has 0 spiro atoms. The molecular formula is C19H22N2O4S. The molecule has 0 radical (unpaired) electrons. The monoisotopic (exact) mass is 374 g/mol. The number of hydrogen-bond acceptors (Lipinski definition) is 5. The molecule has 1 amide bonds. The molecule has 1 aliphatic rings. The van der Waals surface area contributed by atoms with Crippen LogP contribution in [0, 0.1) is 19.8 Å². The van der Waals surface area contributed by atoms with Crippen molar-refractivity contribution in [2.75, 3.05) is 0 Å². The molecule has 26 heavy (non-hydrogen) atoms. The topological polar surface area (TPSA) is 92.4 Å². The normalized spacial score (nSPS) is 19.5. The van der Waals surface area contributed by atoms with Gasteiger partial charge in [0.05, 0.1) is 17.2 Å². The molecule has 1 saturated carbocycles. The number of carboxylic acid groups (broad SMARTS) is 1. The van der Waals surface area contributed by atoms with E-state index in [1.165, 1.54) is 0 Å². The van der Waals surface area contributed by atoms with Crippen LogP contribution in [0.25, 0.3) is 0 Å². The Balaban J connectivity index is 1.67. The molecule has 1 heterocycles. The van der Waals surface area contributed by atoms with Gasteiger partial charge in [-0.25, -0.2) is 0 Å². The van der Waals surface area contributed by atoms with Gasteiger partial charge in [-0.15, -0.1) is 11.8 Å². The molecule has 0 bridgehead atoms. The molecule has 1 aromatic carbocycles. The Morgan fingerprint density at radius 1 is 1.31 bits per heavy atom. The summed E-state index contributed by atoms with van der Waals surface area (Å²) >= 11 is 1.57. The van der Waals surface area contributed by atoms with Crippen LogP contribution in [-0.2, 0) is 10.5 Å². The number of aliphatic carboxylic acids is 1. The van der Waals surface area contributed by atoms with Crippen LogP contribution in [0.1, 0.15) is 46.6 Å². The fourth-order valence-electron chi connectivity index (χ4n) is 3.24. The van der Waals surface area contributed by atoms with Gasteiger partial charge in [0, 0.05) is 22.3 Å². The number of aromatic nitrogens is 1. The molecule has 2 aromatic rings. The number of carbonyl (C=O) groups excluding carboxylic acids is 1. The second-order valence-electron chi connectivity index (χ2n) is 6.61. The van der Waals surface area contributed by atoms with Crippen molar-refractivity contribution in [1.29, 1.82) is 0 Å². The van der Waals surface area contributed by atoms with Gasteiger partial charge in [-0.3, -0.25) is 9.59 Å². The lowest BCUT2D eigenvalue weighted by Crippen LogP contribution is -2.33. The Kier molecular flexibility index (Phi) is 5.66. The molecule has 3 rings (SSSR count). The number of aryl methyl sites for hydroxylation is 2. The van der Waals surface area contributed by atoms with Gasteiger partial charge in [-0.05, 0) is 45.2 Å². The minimum absolute atomic E-state index is 0.0794. The van der Waals surface area contributed by atoms with Crippen molar-refractivity contribution in [3.63, 3.8) is 0 Å². The first kappa shape index (κ1) is 18.5. The highest BCUT2D eigenvalue weighted by atomic mass is 32.2. The van der Waals surface area contributed by atoms with Gasteiger partial charge in [0.2, 0.25) is 0 Å². The predicted molar refractivity (Wildman–Crippen MR) is 98.2 cm³/mol. The van der Waals surface area contributed by atoms with E-state index in [2.05, 4.69) is 10.5 Å². The Hall–Kier alpha value is -2.28. The standard InChI is InChI=1S/C19H22N2O4S/c1-11-16(12(2)25-21-11)10-26-17-6-4-3-5-15(17)18(22)20-14-8-7-13(9-14)19(23)24/h3-6,13-14H,7-10H2,1-2H3,(H,20,22)(H,23,24)/t13-,14+/m1/s1. The van der Waals surface area contributed by atoms with Crippen LogP contribution in [0.3, 0.4) is 0 Å². The smallest absolute Gasteiger partial charge is 0.306 e. The van der Waals surface area contributed by atoms with Crippen molar-refractivity contribution in [2.24, 2.45) is 5.92 Å². The van der Waals surface area contributed by atoms with Crippen LogP contribution in [0.15, 0.2) is 33.7 Å². The predicted octanol–water partition coefficient (Wildman–Crippen LogP) is 3.57. The summed E-state index contributed by atoms with van der Waals surface area (Å²) in [5, 5.41) is 16.1. The Bertz CT molecular complexity index is 798. The molecular weight excluding hydrogens is 352 g/mol. The van der Waals surface area contributed by atoms with Crippen LogP contribution in [0.5, 0.6) is 0 Å². The van der Waals surface area contributed by atoms with Gasteiger partial charge in [0.1, 0.15) is 5.76 Å². The van der Waals surface area contributed by atoms with Crippen molar-refractivity contribution in [2.45, 2.75) is 49.8 Å². The maximum Gasteiger partial charge on any atom is 0.306 e. The maximum atomic E-state index is 12.7. The molecule has 2 atom stereocenters. The summed E-state index contributed by atoms with van der Waals surface area (Å²) in [5.41, 5.74) is 2.52. The van der Waals surface area contributed by atoms with Gasteiger partial charge >= 0.3 is 5.97 Å². The Labute approximate surface area is 156 Å². The third kappa shape index (κ3) is 4.09. The van der Waals surface area contributed by atoms with Crippen LogP contribution in [-0.4, -0.2) is 28.2 Å². The van der Waals surface area contributed by atoms with Gasteiger partial charge in [-0.2, -0.15) is 0 Å². The van der Waals surface area contributed by atoms with E-state index < -0.39 is 5.97 Å². The molecule has 6 nitrogen and oxygen atoms in total. The third-order valence-corrected chi connectivity index (χ3v) is 5.90. The highest BCUT2D eigenvalue weighted by Crippen LogP contribution is 2.30. The zero-order chi connectivity index (χ0) is 18.7. The lowest BCUT2D eigenvalue weighted by atomic mass is 10.1. The van der Waals surface area contributed by atoms with E-state index in [0.717, 1.165) is 21.9 Å². The van der Waals surface area contributed by atoms with Crippen molar-refractivity contribution < 1.29 is 19.2 Å². The van der Waals surface area contributed by atoms with Crippen molar-refractivity contribution in [3.05, 3.63) is 46.8 Å². The fraction of sp³-hybridized carbons (Fsp3) is 0.421. The molecule has 1 fully saturated rings. The molecule has 0 unspecified atom stereocenters. The summed E-state index contributed by atoms with van der Waals surface area (Å²) in [7, 11) is 0. The second-order valence-corrected chi connectivity index (χ2v) is 7.62. The number of benzene rings is 1. The lowest BCUT2D eigenvalue weighted by molar-refractivity contribution is -0.141. The highest BCUT2D eigenvalue weighted by molar-refractivity contribution is 7.98. The Morgan fingerprint density at radius 3 is 2.73 bits per heavy atom. The number of thioether (sulfide) groups is 1. The number of rotatable bonds is 6. The van der Waals surface area contributed by atoms with Gasteiger partial charge in [0.25, 0.3) is 5.91 Å². The van der Waals surface area contributed by atoms with Crippen molar-refractivity contribution in [3.8, 4) is 0 Å². The van der Waals surface area contributed by atoms with Crippen LogP contribution >= 0.6 is 11.8 Å². The average molecular weight is 374 g/mol. The number of nitrogens with one attached hydrogen (secondary N) is 1. The van der Waals surface area contributed by atoms with E-state index in [0.29, 0.717) is 30.6 Å². The average Bonchev–Trinajstić information content (AvgIpc) is 3.21. The molecule has 138 valence electrons. The summed E-state index contributed by atoms with van der Waals surface area (Å²) in [6.45, 7) is 3.79. The molecule has 2 N–H and O–H groups in total. The van der Waals surface area contributed by atoms with Crippen molar-refractivity contribution in [1.82, 2.24) is 10.5 Å². The van der Waals surface area contributed by atoms with E-state index in [4.69, 9.17) is 9.63 Å². The summed E-state index contributed by atoms with van der Waals surface area (Å²) < 4.78 is 5.19. The summed E-state index contributed by atoms with van der Waals surface area (Å²) in [6.07, 6.45) is 1.81. The Morgan fingerprint density at radius 2 is 2.08 bits per heavy atom. The number of amides is 1. The summed E-state index contributed by atoms with van der Waals surface area (Å²) in [6, 6.07) is 7.39. The summed E-state index contributed by atoms with van der Waals surface area (Å²) in [5.74, 6) is 0.183. The highest BCUT2D eigenvalue weighted by Gasteiger charge is 2.31. The van der Waals surface area contributed by atoms with E-state index >= 15 is 0 Å². The first-order valence-corrected chi connectivity index (χ1v) is 9.61. The largest absolute Gasteiger partial charge is 0.481 e. The number of nitrogens with zero attached hydrogens (tertiary/aromatic N) is 1. The molecule has 0 saturated heterocycles. The zero-order valence-electron chi connectivity index (χ0n) is 14.8. The fourth-order valence-corrected chi connectivity index (χ4v) is 4.44. The van der Waals surface area contributed by atoms with Crippen LogP contribution in [0.4, 0.5) is 0 Å². The molecule has 7 heteroatoms. The van der Waals surface area contributed by atoms with E-state index in [9.17, 15) is 9.59 Å². The van der Waals surface area contributed by atoms with Crippen LogP contribution in [0.2, 0.25) is 0 Å². The minimum atomic E-state index is -0.780. The second kappa shape index (κ2) is 7.95. The minimum Gasteiger partial charge on any atom is -0.481 e. The summed E-state index contributed by atoms with van der Waals surface area (Å²) in [4.78, 5) is 24.7. The molecule has 1 aromatic heterocycles. The van der Waals surface area contributed by atoms with Gasteiger partial charge in [-0.1, -0.05) is 17.3 Å². The third-order valence-electron chi connectivity index (χ3n) is 4.80. The number of carboxylic acids is 1. The van der Waals surface area contributed by atoms with Gasteiger partial charge < -0.3 is 14.9 Å². The zero-order valence-corrected chi connectivity index (χ0v) is 15.6. The lowest BCUT2D eigenvalue weighted by Gasteiger charge is -2.14.